The minimum atomic E-state index is -0.0682. The lowest BCUT2D eigenvalue weighted by Crippen LogP contribution is -2.11. The zero-order valence-corrected chi connectivity index (χ0v) is 14.6. The molecule has 5 heteroatoms. The Balaban J connectivity index is 2.33. The third-order valence-electron chi connectivity index (χ3n) is 3.90. The van der Waals surface area contributed by atoms with Gasteiger partial charge in [-0.3, -0.25) is 4.79 Å². The first-order chi connectivity index (χ1) is 11.0. The molecule has 0 unspecified atom stereocenters. The summed E-state index contributed by atoms with van der Waals surface area (Å²) in [6.07, 6.45) is 1.74. The fraction of sp³-hybridized carbons (Fsp3) is 0.333. The Hall–Kier alpha value is -2.14. The highest BCUT2D eigenvalue weighted by Gasteiger charge is 2.19. The lowest BCUT2D eigenvalue weighted by molar-refractivity contribution is 0.416. The number of benzene rings is 1. The van der Waals surface area contributed by atoms with Crippen LogP contribution in [0.3, 0.4) is 0 Å². The van der Waals surface area contributed by atoms with E-state index in [9.17, 15) is 4.79 Å². The van der Waals surface area contributed by atoms with Crippen LogP contribution in [0.5, 0.6) is 5.75 Å². The maximum atomic E-state index is 12.6. The van der Waals surface area contributed by atoms with E-state index in [1.54, 1.807) is 18.4 Å². The number of hydrogen-bond acceptors (Lipinski definition) is 4. The van der Waals surface area contributed by atoms with Crippen LogP contribution in [0.15, 0.2) is 23.0 Å². The Morgan fingerprint density at radius 2 is 2.09 bits per heavy atom. The Labute approximate surface area is 139 Å². The molecule has 0 bridgehead atoms. The second kappa shape index (κ2) is 6.16. The van der Waals surface area contributed by atoms with E-state index in [-0.39, 0.29) is 5.56 Å². The van der Waals surface area contributed by atoms with Crippen LogP contribution in [0.2, 0.25) is 0 Å². The molecule has 3 aromatic rings. The molecule has 23 heavy (non-hydrogen) atoms. The van der Waals surface area contributed by atoms with Crippen molar-refractivity contribution in [3.05, 3.63) is 44.8 Å². The van der Waals surface area contributed by atoms with E-state index in [1.165, 1.54) is 0 Å². The zero-order valence-electron chi connectivity index (χ0n) is 13.8. The monoisotopic (exact) mass is 328 g/mol. The zero-order chi connectivity index (χ0) is 16.6. The first kappa shape index (κ1) is 15.7. The molecule has 0 aliphatic rings. The molecule has 0 fully saturated rings. The molecule has 0 aliphatic carbocycles. The third-order valence-corrected chi connectivity index (χ3v) is 4.90. The number of methoxy groups -OCH3 is 1. The number of ether oxygens (including phenoxy) is 1. The molecule has 0 radical (unpaired) electrons. The maximum Gasteiger partial charge on any atom is 0.260 e. The van der Waals surface area contributed by atoms with E-state index in [0.717, 1.165) is 50.8 Å². The summed E-state index contributed by atoms with van der Waals surface area (Å²) in [5.74, 6) is 1.53. The number of aromatic amines is 1. The lowest BCUT2D eigenvalue weighted by Gasteiger charge is -2.10. The van der Waals surface area contributed by atoms with Gasteiger partial charge in [0.1, 0.15) is 16.4 Å². The van der Waals surface area contributed by atoms with Gasteiger partial charge in [0.25, 0.3) is 5.56 Å². The van der Waals surface area contributed by atoms with Crippen LogP contribution >= 0.6 is 11.3 Å². The Kier molecular flexibility index (Phi) is 4.22. The number of nitrogens with zero attached hydrogens (tertiary/aromatic N) is 1. The molecule has 0 saturated carbocycles. The predicted octanol–water partition coefficient (Wildman–Crippen LogP) is 4.23. The van der Waals surface area contributed by atoms with Crippen molar-refractivity contribution in [2.45, 2.75) is 33.6 Å². The summed E-state index contributed by atoms with van der Waals surface area (Å²) in [4.78, 5) is 22.1. The van der Waals surface area contributed by atoms with Crippen LogP contribution in [-0.2, 0) is 6.42 Å². The summed E-state index contributed by atoms with van der Waals surface area (Å²) < 4.78 is 5.50. The SMILES string of the molecule is CCCc1nc2sc(C)c(-c3cc(C)ccc3OC)c2c(=O)[nH]1. The van der Waals surface area contributed by atoms with Crippen LogP contribution in [-0.4, -0.2) is 17.1 Å². The first-order valence-electron chi connectivity index (χ1n) is 7.72. The summed E-state index contributed by atoms with van der Waals surface area (Å²) in [6, 6.07) is 6.02. The van der Waals surface area contributed by atoms with Crippen molar-refractivity contribution in [1.82, 2.24) is 9.97 Å². The van der Waals surface area contributed by atoms with Gasteiger partial charge in [-0.1, -0.05) is 18.6 Å². The predicted molar refractivity (Wildman–Crippen MR) is 95.7 cm³/mol. The molecule has 0 amide bonds. The summed E-state index contributed by atoms with van der Waals surface area (Å²) in [5.41, 5.74) is 2.95. The normalized spacial score (nSPS) is 11.1. The molecule has 0 atom stereocenters. The molecule has 2 heterocycles. The molecule has 120 valence electrons. The number of nitrogens with one attached hydrogen (secondary N) is 1. The number of aromatic nitrogens is 2. The van der Waals surface area contributed by atoms with E-state index in [2.05, 4.69) is 23.0 Å². The topological polar surface area (TPSA) is 55.0 Å². The van der Waals surface area contributed by atoms with Crippen LogP contribution < -0.4 is 10.3 Å². The Morgan fingerprint density at radius 1 is 1.30 bits per heavy atom. The number of fused-ring (bicyclic) bond motifs is 1. The minimum absolute atomic E-state index is 0.0682. The van der Waals surface area contributed by atoms with E-state index < -0.39 is 0 Å². The van der Waals surface area contributed by atoms with Gasteiger partial charge in [-0.05, 0) is 32.4 Å². The van der Waals surface area contributed by atoms with E-state index in [4.69, 9.17) is 4.74 Å². The van der Waals surface area contributed by atoms with Crippen LogP contribution in [0.1, 0.15) is 29.6 Å². The van der Waals surface area contributed by atoms with Crippen LogP contribution in [0, 0.1) is 13.8 Å². The standard InChI is InChI=1S/C18H20N2O2S/c1-5-6-14-19-17(21)16-15(11(3)23-18(16)20-14)12-9-10(2)7-8-13(12)22-4/h7-9H,5-6H2,1-4H3,(H,19,20,21). The average Bonchev–Trinajstić information content (AvgIpc) is 2.84. The Morgan fingerprint density at radius 3 is 2.78 bits per heavy atom. The molecular formula is C18H20N2O2S. The second-order valence-electron chi connectivity index (χ2n) is 5.68. The van der Waals surface area contributed by atoms with Gasteiger partial charge in [0.15, 0.2) is 0 Å². The van der Waals surface area contributed by atoms with Gasteiger partial charge in [-0.15, -0.1) is 11.3 Å². The van der Waals surface area contributed by atoms with Gasteiger partial charge in [-0.25, -0.2) is 4.98 Å². The van der Waals surface area contributed by atoms with Crippen molar-refractivity contribution >= 4 is 21.6 Å². The summed E-state index contributed by atoms with van der Waals surface area (Å²) in [5, 5.41) is 0.663. The number of thiophene rings is 1. The summed E-state index contributed by atoms with van der Waals surface area (Å²) in [7, 11) is 1.65. The van der Waals surface area contributed by atoms with Crippen molar-refractivity contribution < 1.29 is 4.74 Å². The van der Waals surface area contributed by atoms with Gasteiger partial charge in [0.2, 0.25) is 0 Å². The van der Waals surface area contributed by atoms with Gasteiger partial charge < -0.3 is 9.72 Å². The summed E-state index contributed by atoms with van der Waals surface area (Å²) >= 11 is 1.57. The Bertz CT molecular complexity index is 925. The number of rotatable bonds is 4. The van der Waals surface area contributed by atoms with Crippen molar-refractivity contribution in [2.75, 3.05) is 7.11 Å². The molecule has 0 spiro atoms. The van der Waals surface area contributed by atoms with E-state index in [0.29, 0.717) is 5.39 Å². The summed E-state index contributed by atoms with van der Waals surface area (Å²) in [6.45, 7) is 6.14. The highest BCUT2D eigenvalue weighted by atomic mass is 32.1. The highest BCUT2D eigenvalue weighted by Crippen LogP contribution is 2.40. The van der Waals surface area contributed by atoms with Crippen LogP contribution in [0.4, 0.5) is 0 Å². The third kappa shape index (κ3) is 2.77. The van der Waals surface area contributed by atoms with E-state index in [1.807, 2.05) is 26.0 Å². The number of H-pyrrole nitrogens is 1. The largest absolute Gasteiger partial charge is 0.496 e. The smallest absolute Gasteiger partial charge is 0.260 e. The molecule has 4 nitrogen and oxygen atoms in total. The molecular weight excluding hydrogens is 308 g/mol. The quantitative estimate of drug-likeness (QED) is 0.780. The van der Waals surface area contributed by atoms with Gasteiger partial charge in [0.05, 0.1) is 12.5 Å². The van der Waals surface area contributed by atoms with E-state index >= 15 is 0 Å². The maximum absolute atomic E-state index is 12.6. The first-order valence-corrected chi connectivity index (χ1v) is 8.54. The van der Waals surface area contributed by atoms with Crippen LogP contribution in [0.25, 0.3) is 21.3 Å². The van der Waals surface area contributed by atoms with Crippen molar-refractivity contribution in [3.8, 4) is 16.9 Å². The van der Waals surface area contributed by atoms with Crippen molar-refractivity contribution in [2.24, 2.45) is 0 Å². The fourth-order valence-electron chi connectivity index (χ4n) is 2.86. The average molecular weight is 328 g/mol. The number of aryl methyl sites for hydroxylation is 3. The molecule has 1 N–H and O–H groups in total. The second-order valence-corrected chi connectivity index (χ2v) is 6.88. The minimum Gasteiger partial charge on any atom is -0.496 e. The van der Waals surface area contributed by atoms with Gasteiger partial charge in [0, 0.05) is 22.4 Å². The number of hydrogen-bond donors (Lipinski definition) is 1. The molecule has 2 aromatic heterocycles. The van der Waals surface area contributed by atoms with Crippen molar-refractivity contribution in [3.63, 3.8) is 0 Å². The lowest BCUT2D eigenvalue weighted by atomic mass is 10.0. The molecule has 1 aromatic carbocycles. The molecule has 0 saturated heterocycles. The van der Waals surface area contributed by atoms with Gasteiger partial charge in [-0.2, -0.15) is 0 Å². The van der Waals surface area contributed by atoms with Crippen molar-refractivity contribution in [1.29, 1.82) is 0 Å². The molecule has 0 aliphatic heterocycles. The highest BCUT2D eigenvalue weighted by molar-refractivity contribution is 7.19. The fourth-order valence-corrected chi connectivity index (χ4v) is 3.92. The van der Waals surface area contributed by atoms with Gasteiger partial charge >= 0.3 is 0 Å². The molecule has 3 rings (SSSR count).